The Hall–Kier alpha value is -2.67. The molecule has 30 heavy (non-hydrogen) atoms. The van der Waals surface area contributed by atoms with Crippen LogP contribution in [0.3, 0.4) is 0 Å². The van der Waals surface area contributed by atoms with E-state index in [0.29, 0.717) is 10.6 Å². The number of anilines is 1. The molecule has 1 aromatic heterocycles. The molecule has 0 radical (unpaired) electrons. The molecule has 7 heteroatoms. The number of hydrogen-bond donors (Lipinski definition) is 2. The van der Waals surface area contributed by atoms with Gasteiger partial charge in [0.15, 0.2) is 0 Å². The van der Waals surface area contributed by atoms with Gasteiger partial charge < -0.3 is 15.8 Å². The van der Waals surface area contributed by atoms with E-state index in [-0.39, 0.29) is 40.2 Å². The maximum atomic E-state index is 12.8. The lowest BCUT2D eigenvalue weighted by Crippen LogP contribution is -2.17. The highest BCUT2D eigenvalue weighted by molar-refractivity contribution is 7.18. The van der Waals surface area contributed by atoms with Gasteiger partial charge in [-0.3, -0.25) is 9.59 Å². The fraction of sp³-hybridized carbons (Fsp3) is 0.435. The number of nitrogens with two attached hydrogens (primary N) is 1. The van der Waals surface area contributed by atoms with Crippen LogP contribution in [-0.4, -0.2) is 24.4 Å². The van der Waals surface area contributed by atoms with Crippen LogP contribution in [0.15, 0.2) is 24.3 Å². The second-order valence-electron chi connectivity index (χ2n) is 8.65. The zero-order valence-corrected chi connectivity index (χ0v) is 18.8. The molecule has 1 fully saturated rings. The maximum Gasteiger partial charge on any atom is 0.341 e. The van der Waals surface area contributed by atoms with Crippen LogP contribution in [-0.2, 0) is 14.9 Å². The van der Waals surface area contributed by atoms with Gasteiger partial charge in [0.05, 0.1) is 17.0 Å². The minimum absolute atomic E-state index is 0.0809. The van der Waals surface area contributed by atoms with Gasteiger partial charge in [-0.1, -0.05) is 45.0 Å². The highest BCUT2D eigenvalue weighted by Gasteiger charge is 2.44. The summed E-state index contributed by atoms with van der Waals surface area (Å²) in [4.78, 5) is 37.2. The molecular weight excluding hydrogens is 400 g/mol. The first-order valence-corrected chi connectivity index (χ1v) is 10.9. The van der Waals surface area contributed by atoms with Crippen molar-refractivity contribution in [3.05, 3.63) is 51.4 Å². The first-order valence-electron chi connectivity index (χ1n) is 10.1. The Bertz CT molecular complexity index is 986. The predicted molar refractivity (Wildman–Crippen MR) is 118 cm³/mol. The SMILES string of the molecule is CCOC(=O)c1c(NC(=O)[C@H]2C[C@H]2c2ccc(C(C)(C)C)cc2)sc(C(N)=O)c1C. The highest BCUT2D eigenvalue weighted by atomic mass is 32.1. The van der Waals surface area contributed by atoms with Crippen LogP contribution < -0.4 is 11.1 Å². The maximum absolute atomic E-state index is 12.8. The molecule has 0 aliphatic heterocycles. The van der Waals surface area contributed by atoms with E-state index >= 15 is 0 Å². The van der Waals surface area contributed by atoms with Crippen molar-refractivity contribution in [3.8, 4) is 0 Å². The molecule has 2 aromatic rings. The molecule has 0 unspecified atom stereocenters. The molecule has 1 saturated carbocycles. The van der Waals surface area contributed by atoms with Gasteiger partial charge in [-0.05, 0) is 48.3 Å². The summed E-state index contributed by atoms with van der Waals surface area (Å²) < 4.78 is 5.09. The molecular formula is C23H28N2O4S. The molecule has 6 nitrogen and oxygen atoms in total. The van der Waals surface area contributed by atoms with Crippen molar-refractivity contribution < 1.29 is 19.1 Å². The van der Waals surface area contributed by atoms with Crippen molar-refractivity contribution >= 4 is 34.1 Å². The molecule has 2 atom stereocenters. The zero-order valence-electron chi connectivity index (χ0n) is 18.0. The molecule has 0 spiro atoms. The minimum Gasteiger partial charge on any atom is -0.462 e. The van der Waals surface area contributed by atoms with E-state index in [1.807, 2.05) is 0 Å². The molecule has 0 saturated heterocycles. The molecule has 3 rings (SSSR count). The summed E-state index contributed by atoms with van der Waals surface area (Å²) in [6.07, 6.45) is 0.752. The molecule has 1 aliphatic rings. The minimum atomic E-state index is -0.633. The van der Waals surface area contributed by atoms with E-state index in [9.17, 15) is 14.4 Å². The van der Waals surface area contributed by atoms with E-state index in [1.165, 1.54) is 5.56 Å². The van der Waals surface area contributed by atoms with Gasteiger partial charge in [0.25, 0.3) is 5.91 Å². The van der Waals surface area contributed by atoms with E-state index < -0.39 is 11.9 Å². The van der Waals surface area contributed by atoms with Gasteiger partial charge in [-0.25, -0.2) is 4.79 Å². The van der Waals surface area contributed by atoms with Crippen molar-refractivity contribution in [1.29, 1.82) is 0 Å². The van der Waals surface area contributed by atoms with Gasteiger partial charge in [0, 0.05) is 5.92 Å². The summed E-state index contributed by atoms with van der Waals surface area (Å²) in [5.41, 5.74) is 8.53. The quantitative estimate of drug-likeness (QED) is 0.667. The Kier molecular flexibility index (Phi) is 6.04. The van der Waals surface area contributed by atoms with Crippen LogP contribution in [0.4, 0.5) is 5.00 Å². The highest BCUT2D eigenvalue weighted by Crippen LogP contribution is 2.48. The number of thiophene rings is 1. The number of carbonyl (C=O) groups excluding carboxylic acids is 3. The predicted octanol–water partition coefficient (Wildman–Crippen LogP) is 4.37. The lowest BCUT2D eigenvalue weighted by Gasteiger charge is -2.19. The zero-order chi connectivity index (χ0) is 22.2. The first kappa shape index (κ1) is 22.0. The Morgan fingerprint density at radius 2 is 1.83 bits per heavy atom. The number of ether oxygens (including phenoxy) is 1. The van der Waals surface area contributed by atoms with E-state index in [0.717, 1.165) is 23.3 Å². The molecule has 0 bridgehead atoms. The number of nitrogens with one attached hydrogen (secondary N) is 1. The Morgan fingerprint density at radius 1 is 1.20 bits per heavy atom. The monoisotopic (exact) mass is 428 g/mol. The Balaban J connectivity index is 1.76. The number of amides is 2. The average molecular weight is 429 g/mol. The van der Waals surface area contributed by atoms with Crippen LogP contribution in [0, 0.1) is 12.8 Å². The second kappa shape index (κ2) is 8.22. The van der Waals surface area contributed by atoms with Gasteiger partial charge >= 0.3 is 5.97 Å². The number of rotatable bonds is 6. The Labute approximate surface area is 180 Å². The van der Waals surface area contributed by atoms with Crippen LogP contribution in [0.1, 0.15) is 76.8 Å². The molecule has 1 aliphatic carbocycles. The number of esters is 1. The molecule has 1 heterocycles. The number of hydrogen-bond acceptors (Lipinski definition) is 5. The third kappa shape index (κ3) is 4.41. The van der Waals surface area contributed by atoms with E-state index in [1.54, 1.807) is 13.8 Å². The van der Waals surface area contributed by atoms with Crippen molar-refractivity contribution in [1.82, 2.24) is 0 Å². The van der Waals surface area contributed by atoms with Gasteiger partial charge in [-0.15, -0.1) is 11.3 Å². The second-order valence-corrected chi connectivity index (χ2v) is 9.68. The van der Waals surface area contributed by atoms with Gasteiger partial charge in [0.1, 0.15) is 5.00 Å². The lowest BCUT2D eigenvalue weighted by atomic mass is 9.86. The average Bonchev–Trinajstić information content (AvgIpc) is 3.39. The number of carbonyl (C=O) groups is 3. The van der Waals surface area contributed by atoms with E-state index in [4.69, 9.17) is 10.5 Å². The number of primary amides is 1. The summed E-state index contributed by atoms with van der Waals surface area (Å²) in [7, 11) is 0. The van der Waals surface area contributed by atoms with Crippen molar-refractivity contribution in [2.24, 2.45) is 11.7 Å². The van der Waals surface area contributed by atoms with Crippen LogP contribution in [0.2, 0.25) is 0 Å². The van der Waals surface area contributed by atoms with E-state index in [2.05, 4.69) is 50.4 Å². The molecule has 1 aromatic carbocycles. The smallest absolute Gasteiger partial charge is 0.341 e. The van der Waals surface area contributed by atoms with Crippen LogP contribution in [0.5, 0.6) is 0 Å². The molecule has 2 amide bonds. The normalized spacial score (nSPS) is 18.0. The number of benzene rings is 1. The Morgan fingerprint density at radius 3 is 2.37 bits per heavy atom. The van der Waals surface area contributed by atoms with Gasteiger partial charge in [0.2, 0.25) is 5.91 Å². The fourth-order valence-corrected chi connectivity index (χ4v) is 4.62. The van der Waals surface area contributed by atoms with Crippen LogP contribution >= 0.6 is 11.3 Å². The largest absolute Gasteiger partial charge is 0.462 e. The van der Waals surface area contributed by atoms with Crippen molar-refractivity contribution in [2.75, 3.05) is 11.9 Å². The molecule has 3 N–H and O–H groups in total. The van der Waals surface area contributed by atoms with Crippen LogP contribution in [0.25, 0.3) is 0 Å². The molecule has 160 valence electrons. The summed E-state index contributed by atoms with van der Waals surface area (Å²) in [6.45, 7) is 10.0. The van der Waals surface area contributed by atoms with Crippen molar-refractivity contribution in [3.63, 3.8) is 0 Å². The summed E-state index contributed by atoms with van der Waals surface area (Å²) in [5, 5.41) is 3.15. The summed E-state index contributed by atoms with van der Waals surface area (Å²) in [5.74, 6) is -1.38. The standard InChI is InChI=1S/C23H28N2O4S/c1-6-29-22(28)17-12(2)18(19(24)26)30-21(17)25-20(27)16-11-15(16)13-7-9-14(10-8-13)23(3,4)5/h7-10,15-16H,6,11H2,1-5H3,(H2,24,26)(H,25,27)/t15-,16-/m0/s1. The summed E-state index contributed by atoms with van der Waals surface area (Å²) >= 11 is 1.02. The third-order valence-corrected chi connectivity index (χ3v) is 6.64. The lowest BCUT2D eigenvalue weighted by molar-refractivity contribution is -0.117. The van der Waals surface area contributed by atoms with Gasteiger partial charge in [-0.2, -0.15) is 0 Å². The topological polar surface area (TPSA) is 98.5 Å². The third-order valence-electron chi connectivity index (χ3n) is 5.42. The van der Waals surface area contributed by atoms with Crippen molar-refractivity contribution in [2.45, 2.75) is 52.4 Å². The first-order chi connectivity index (χ1) is 14.0. The fourth-order valence-electron chi connectivity index (χ4n) is 3.57. The summed E-state index contributed by atoms with van der Waals surface area (Å²) in [6, 6.07) is 8.40.